The van der Waals surface area contributed by atoms with Crippen LogP contribution in [0.4, 0.5) is 5.69 Å². The van der Waals surface area contributed by atoms with Crippen molar-refractivity contribution in [3.63, 3.8) is 0 Å². The number of ether oxygens (including phenoxy) is 1. The number of benzene rings is 1. The minimum Gasteiger partial charge on any atom is -0.495 e. The van der Waals surface area contributed by atoms with Crippen molar-refractivity contribution in [3.8, 4) is 5.75 Å². The zero-order chi connectivity index (χ0) is 18.4. The smallest absolute Gasteiger partial charge is 0.174 e. The highest BCUT2D eigenvalue weighted by atomic mass is 32.1. The number of aromatic nitrogens is 1. The van der Waals surface area contributed by atoms with Crippen LogP contribution in [0.5, 0.6) is 5.75 Å². The van der Waals surface area contributed by atoms with Crippen LogP contribution in [0.25, 0.3) is 0 Å². The molecule has 0 radical (unpaired) electrons. The molecule has 0 unspecified atom stereocenters. The number of nitrogens with one attached hydrogen (secondary N) is 1. The fraction of sp³-hybridized carbons (Fsp3) is 0.200. The summed E-state index contributed by atoms with van der Waals surface area (Å²) < 4.78 is 10.9. The molecular formula is C20H21N3O2S. The highest BCUT2D eigenvalue weighted by Gasteiger charge is 2.15. The van der Waals surface area contributed by atoms with Gasteiger partial charge in [0.1, 0.15) is 11.5 Å². The van der Waals surface area contributed by atoms with E-state index in [2.05, 4.69) is 10.3 Å². The zero-order valence-corrected chi connectivity index (χ0v) is 15.6. The summed E-state index contributed by atoms with van der Waals surface area (Å²) in [7, 11) is 1.65. The summed E-state index contributed by atoms with van der Waals surface area (Å²) >= 11 is 5.68. The van der Waals surface area contributed by atoms with E-state index < -0.39 is 0 Å². The van der Waals surface area contributed by atoms with Crippen LogP contribution >= 0.6 is 12.2 Å². The first-order valence-electron chi connectivity index (χ1n) is 8.27. The van der Waals surface area contributed by atoms with Gasteiger partial charge in [-0.3, -0.25) is 4.98 Å². The third-order valence-electron chi connectivity index (χ3n) is 3.91. The lowest BCUT2D eigenvalue weighted by Gasteiger charge is -2.25. The van der Waals surface area contributed by atoms with E-state index in [1.807, 2.05) is 60.5 Å². The molecule has 5 nitrogen and oxygen atoms in total. The monoisotopic (exact) mass is 367 g/mol. The molecule has 0 aliphatic heterocycles. The number of thiocarbonyl (C=S) groups is 1. The zero-order valence-electron chi connectivity index (χ0n) is 14.8. The van der Waals surface area contributed by atoms with E-state index in [1.165, 1.54) is 0 Å². The van der Waals surface area contributed by atoms with Crippen molar-refractivity contribution in [2.45, 2.75) is 20.0 Å². The maximum atomic E-state index is 5.68. The summed E-state index contributed by atoms with van der Waals surface area (Å²) in [6.07, 6.45) is 5.26. The van der Waals surface area contributed by atoms with E-state index in [0.717, 1.165) is 28.3 Å². The Hall–Kier alpha value is -2.86. The lowest BCUT2D eigenvalue weighted by Crippen LogP contribution is -2.33. The van der Waals surface area contributed by atoms with E-state index in [9.17, 15) is 0 Å². The van der Waals surface area contributed by atoms with Gasteiger partial charge >= 0.3 is 0 Å². The third kappa shape index (κ3) is 4.61. The maximum absolute atomic E-state index is 5.68. The highest BCUT2D eigenvalue weighted by Crippen LogP contribution is 2.26. The predicted octanol–water partition coefficient (Wildman–Crippen LogP) is 4.39. The standard InChI is InChI=1S/C20H21N3O2S/c1-15-7-8-19(24-2)18(11-15)22-20(26)23(14-17-6-4-10-25-17)13-16-5-3-9-21-12-16/h3-12H,13-14H2,1-2H3,(H,22,26). The van der Waals surface area contributed by atoms with Gasteiger partial charge in [-0.15, -0.1) is 0 Å². The van der Waals surface area contributed by atoms with E-state index >= 15 is 0 Å². The molecule has 0 spiro atoms. The van der Waals surface area contributed by atoms with Crippen molar-refractivity contribution in [2.75, 3.05) is 12.4 Å². The average molecular weight is 367 g/mol. The topological polar surface area (TPSA) is 50.5 Å². The van der Waals surface area contributed by atoms with Gasteiger partial charge in [-0.25, -0.2) is 0 Å². The Labute approximate surface area is 158 Å². The maximum Gasteiger partial charge on any atom is 0.174 e. The van der Waals surface area contributed by atoms with E-state index in [4.69, 9.17) is 21.4 Å². The Morgan fingerprint density at radius 2 is 2.12 bits per heavy atom. The summed E-state index contributed by atoms with van der Waals surface area (Å²) in [4.78, 5) is 6.22. The van der Waals surface area contributed by atoms with Gasteiger partial charge in [0.2, 0.25) is 0 Å². The Morgan fingerprint density at radius 3 is 2.81 bits per heavy atom. The quantitative estimate of drug-likeness (QED) is 0.652. The number of hydrogen-bond donors (Lipinski definition) is 1. The van der Waals surface area contributed by atoms with Gasteiger partial charge in [0.15, 0.2) is 5.11 Å². The Kier molecular flexibility index (Phi) is 5.86. The largest absolute Gasteiger partial charge is 0.495 e. The molecule has 1 N–H and O–H groups in total. The number of hydrogen-bond acceptors (Lipinski definition) is 4. The van der Waals surface area contributed by atoms with Gasteiger partial charge in [0.25, 0.3) is 0 Å². The molecule has 0 fully saturated rings. The molecule has 0 aliphatic rings. The van der Waals surface area contributed by atoms with Gasteiger partial charge in [0.05, 0.1) is 25.6 Å². The summed E-state index contributed by atoms with van der Waals surface area (Å²) in [6.45, 7) is 3.21. The van der Waals surface area contributed by atoms with Crippen LogP contribution in [0.1, 0.15) is 16.9 Å². The lowest BCUT2D eigenvalue weighted by molar-refractivity contribution is 0.359. The lowest BCUT2D eigenvalue weighted by atomic mass is 10.2. The molecule has 6 heteroatoms. The normalized spacial score (nSPS) is 10.4. The van der Waals surface area contributed by atoms with Gasteiger partial charge in [-0.1, -0.05) is 12.1 Å². The fourth-order valence-electron chi connectivity index (χ4n) is 2.62. The number of methoxy groups -OCH3 is 1. The summed E-state index contributed by atoms with van der Waals surface area (Å²) in [6, 6.07) is 13.7. The molecule has 0 aliphatic carbocycles. The van der Waals surface area contributed by atoms with Crippen LogP contribution in [-0.2, 0) is 13.1 Å². The number of furan rings is 1. The summed E-state index contributed by atoms with van der Waals surface area (Å²) in [5.41, 5.74) is 3.04. The number of nitrogens with zero attached hydrogens (tertiary/aromatic N) is 2. The molecule has 3 rings (SSSR count). The van der Waals surface area contributed by atoms with Crippen molar-refractivity contribution in [3.05, 3.63) is 78.0 Å². The Bertz CT molecular complexity index is 851. The molecule has 2 heterocycles. The van der Waals surface area contributed by atoms with Gasteiger partial charge in [-0.05, 0) is 60.6 Å². The molecule has 134 valence electrons. The van der Waals surface area contributed by atoms with Crippen molar-refractivity contribution in [2.24, 2.45) is 0 Å². The molecule has 0 atom stereocenters. The van der Waals surface area contributed by atoms with Crippen LogP contribution in [0.15, 0.2) is 65.5 Å². The second-order valence-electron chi connectivity index (χ2n) is 5.93. The SMILES string of the molecule is COc1ccc(C)cc1NC(=S)N(Cc1cccnc1)Cc1ccco1. The Morgan fingerprint density at radius 1 is 1.23 bits per heavy atom. The van der Waals surface area contributed by atoms with Crippen LogP contribution in [0.3, 0.4) is 0 Å². The second kappa shape index (κ2) is 8.49. The minimum atomic E-state index is 0.557. The molecular weight excluding hydrogens is 346 g/mol. The van der Waals surface area contributed by atoms with Crippen LogP contribution < -0.4 is 10.1 Å². The van der Waals surface area contributed by atoms with Crippen LogP contribution in [0, 0.1) is 6.92 Å². The first-order chi connectivity index (χ1) is 12.7. The van der Waals surface area contributed by atoms with Crippen molar-refractivity contribution >= 4 is 23.0 Å². The van der Waals surface area contributed by atoms with E-state index in [1.54, 1.807) is 19.6 Å². The molecule has 1 aromatic carbocycles. The number of rotatable bonds is 6. The highest BCUT2D eigenvalue weighted by molar-refractivity contribution is 7.80. The molecule has 3 aromatic rings. The van der Waals surface area contributed by atoms with Gasteiger partial charge in [0, 0.05) is 18.9 Å². The summed E-state index contributed by atoms with van der Waals surface area (Å²) in [5.74, 6) is 1.59. The molecule has 2 aromatic heterocycles. The van der Waals surface area contributed by atoms with Crippen LogP contribution in [0.2, 0.25) is 0 Å². The minimum absolute atomic E-state index is 0.557. The number of pyridine rings is 1. The molecule has 0 bridgehead atoms. The van der Waals surface area contributed by atoms with Crippen LogP contribution in [-0.4, -0.2) is 22.1 Å². The molecule has 0 saturated heterocycles. The first-order valence-corrected chi connectivity index (χ1v) is 8.68. The predicted molar refractivity (Wildman–Crippen MR) is 106 cm³/mol. The van der Waals surface area contributed by atoms with Gasteiger partial charge < -0.3 is 19.4 Å². The third-order valence-corrected chi connectivity index (χ3v) is 4.27. The van der Waals surface area contributed by atoms with Crippen molar-refractivity contribution in [1.29, 1.82) is 0 Å². The van der Waals surface area contributed by atoms with E-state index in [-0.39, 0.29) is 0 Å². The molecule has 0 saturated carbocycles. The number of aryl methyl sites for hydroxylation is 1. The molecule has 0 amide bonds. The van der Waals surface area contributed by atoms with Crippen molar-refractivity contribution < 1.29 is 9.15 Å². The Balaban J connectivity index is 1.81. The first kappa shape index (κ1) is 17.9. The van der Waals surface area contributed by atoms with Gasteiger partial charge in [-0.2, -0.15) is 0 Å². The summed E-state index contributed by atoms with van der Waals surface area (Å²) in [5, 5.41) is 3.90. The average Bonchev–Trinajstić information content (AvgIpc) is 3.15. The molecule has 26 heavy (non-hydrogen) atoms. The number of anilines is 1. The fourth-order valence-corrected chi connectivity index (χ4v) is 2.86. The second-order valence-corrected chi connectivity index (χ2v) is 6.32. The van der Waals surface area contributed by atoms with Crippen molar-refractivity contribution in [1.82, 2.24) is 9.88 Å². The van der Waals surface area contributed by atoms with E-state index in [0.29, 0.717) is 18.2 Å².